The van der Waals surface area contributed by atoms with Crippen molar-refractivity contribution in [3.05, 3.63) is 61.2 Å². The largest absolute Gasteiger partial charge is 0.455 e. The van der Waals surface area contributed by atoms with Crippen molar-refractivity contribution in [2.24, 2.45) is 17.3 Å². The van der Waals surface area contributed by atoms with Gasteiger partial charge in [0.05, 0.1) is 43.2 Å². The van der Waals surface area contributed by atoms with E-state index in [1.54, 1.807) is 36.1 Å². The highest BCUT2D eigenvalue weighted by molar-refractivity contribution is 9.09. The molecule has 51 heavy (non-hydrogen) atoms. The van der Waals surface area contributed by atoms with Crippen molar-refractivity contribution in [3.8, 4) is 0 Å². The second-order valence-electron chi connectivity index (χ2n) is 16.0. The summed E-state index contributed by atoms with van der Waals surface area (Å²) in [5, 5.41) is 13.3. The van der Waals surface area contributed by atoms with Crippen molar-refractivity contribution < 1.29 is 38.5 Å². The van der Waals surface area contributed by atoms with Crippen LogP contribution in [0.3, 0.4) is 0 Å². The van der Waals surface area contributed by atoms with Gasteiger partial charge in [0, 0.05) is 30.4 Å². The molecule has 12 heteroatoms. The number of benzene rings is 1. The zero-order valence-electron chi connectivity index (χ0n) is 31.1. The number of halogens is 1. The number of carbonyl (C=O) groups is 4. The van der Waals surface area contributed by atoms with Gasteiger partial charge in [0.2, 0.25) is 17.7 Å². The maximum Gasteiger partial charge on any atom is 0.313 e. The van der Waals surface area contributed by atoms with E-state index in [0.29, 0.717) is 24.8 Å². The van der Waals surface area contributed by atoms with Gasteiger partial charge in [-0.25, -0.2) is 0 Å². The van der Waals surface area contributed by atoms with Crippen molar-refractivity contribution in [2.45, 2.75) is 114 Å². The first-order valence-electron chi connectivity index (χ1n) is 17.8. The molecule has 0 saturated carbocycles. The zero-order valence-corrected chi connectivity index (χ0v) is 32.7. The SMILES string of the molecule is C=CCCC(=O)N[C@@H](COC)[C@@H](OC(=O)[C@H]1[C@@H]2O[C@@]3(CC2Br)[C@@H]1C(=O)N([C@H](C)CO)[C@@H]3C(=O)N(CC=C)C(C)(C)CC(C)(C)C)c1ccccc1. The number of likely N-dealkylation sites (tertiary alicyclic amines) is 1. The molecule has 3 amide bonds. The highest BCUT2D eigenvalue weighted by atomic mass is 79.9. The number of hydrogen-bond donors (Lipinski definition) is 2. The van der Waals surface area contributed by atoms with Crippen LogP contribution in [0.2, 0.25) is 0 Å². The minimum atomic E-state index is -1.36. The average Bonchev–Trinajstić information content (AvgIpc) is 3.66. The topological polar surface area (TPSA) is 135 Å². The lowest BCUT2D eigenvalue weighted by atomic mass is 9.70. The molecule has 1 aromatic carbocycles. The molecule has 1 unspecified atom stereocenters. The molecular formula is C39H56BrN3O8. The van der Waals surface area contributed by atoms with E-state index in [2.05, 4.69) is 55.2 Å². The molecule has 3 saturated heterocycles. The van der Waals surface area contributed by atoms with Crippen LogP contribution in [0.5, 0.6) is 0 Å². The standard InChI is InChI=1S/C39H56BrN3O8/c1-10-12-18-28(45)41-27(22-49-9)31(25-16-14-13-15-17-25)50-36(48)29-30-34(46)43(24(3)21-44)33(39(30)20-26(40)32(29)51-39)35(47)42(19-11-2)38(7,8)23-37(4,5)6/h10-11,13-17,24,26-27,29-33,44H,1-2,12,18-23H2,3-9H3,(H,41,45)/t24-,26?,27+,29-,30+,31+,32-,33-,39+/m1/s1. The number of rotatable bonds is 17. The first-order valence-corrected chi connectivity index (χ1v) is 18.7. The number of esters is 1. The Morgan fingerprint density at radius 2 is 1.84 bits per heavy atom. The van der Waals surface area contributed by atoms with Crippen LogP contribution in [-0.4, -0.2) is 106 Å². The fraction of sp³-hybridized carbons (Fsp3) is 0.641. The molecule has 11 nitrogen and oxygen atoms in total. The van der Waals surface area contributed by atoms with Crippen LogP contribution in [0, 0.1) is 17.3 Å². The van der Waals surface area contributed by atoms with Crippen LogP contribution in [0.1, 0.15) is 78.9 Å². The summed E-state index contributed by atoms with van der Waals surface area (Å²) in [4.78, 5) is 59.9. The number of amides is 3. The predicted octanol–water partition coefficient (Wildman–Crippen LogP) is 4.73. The van der Waals surface area contributed by atoms with Crippen LogP contribution in [0.4, 0.5) is 0 Å². The van der Waals surface area contributed by atoms with E-state index in [9.17, 15) is 24.3 Å². The molecule has 3 heterocycles. The van der Waals surface area contributed by atoms with Gasteiger partial charge in [0.1, 0.15) is 17.7 Å². The Morgan fingerprint density at radius 1 is 1.18 bits per heavy atom. The van der Waals surface area contributed by atoms with Gasteiger partial charge in [-0.15, -0.1) is 13.2 Å². The van der Waals surface area contributed by atoms with E-state index in [1.807, 2.05) is 32.0 Å². The van der Waals surface area contributed by atoms with E-state index in [1.165, 1.54) is 12.0 Å². The Labute approximate surface area is 311 Å². The summed E-state index contributed by atoms with van der Waals surface area (Å²) in [5.74, 6) is -3.80. The smallest absolute Gasteiger partial charge is 0.313 e. The molecule has 2 bridgehead atoms. The quantitative estimate of drug-likeness (QED) is 0.132. The molecule has 3 aliphatic rings. The van der Waals surface area contributed by atoms with Gasteiger partial charge in [-0.2, -0.15) is 0 Å². The summed E-state index contributed by atoms with van der Waals surface area (Å²) in [6.45, 7) is 19.5. The summed E-state index contributed by atoms with van der Waals surface area (Å²) in [5.41, 5.74) is -1.47. The fourth-order valence-electron chi connectivity index (χ4n) is 8.61. The molecule has 0 aliphatic carbocycles. The van der Waals surface area contributed by atoms with Gasteiger partial charge in [0.15, 0.2) is 0 Å². The van der Waals surface area contributed by atoms with Crippen molar-refractivity contribution in [3.63, 3.8) is 0 Å². The second kappa shape index (κ2) is 16.3. The number of nitrogens with zero attached hydrogens (tertiary/aromatic N) is 2. The Kier molecular flexibility index (Phi) is 13.0. The van der Waals surface area contributed by atoms with E-state index in [0.717, 1.165) is 0 Å². The molecular weight excluding hydrogens is 718 g/mol. The Balaban J connectivity index is 1.76. The number of methoxy groups -OCH3 is 1. The van der Waals surface area contributed by atoms with Gasteiger partial charge in [-0.3, -0.25) is 19.2 Å². The highest BCUT2D eigenvalue weighted by Crippen LogP contribution is 2.61. The van der Waals surface area contributed by atoms with Crippen LogP contribution in [0.15, 0.2) is 55.6 Å². The summed E-state index contributed by atoms with van der Waals surface area (Å²) in [6.07, 6.45) is 3.25. The molecule has 1 aromatic rings. The number of alkyl halides is 1. The molecule has 0 aromatic heterocycles. The second-order valence-corrected chi connectivity index (χ2v) is 17.1. The fourth-order valence-corrected chi connectivity index (χ4v) is 9.55. The third-order valence-corrected chi connectivity index (χ3v) is 11.1. The summed E-state index contributed by atoms with van der Waals surface area (Å²) in [6, 6.07) is 6.48. The van der Waals surface area contributed by atoms with E-state index >= 15 is 0 Å². The zero-order chi connectivity index (χ0) is 37.9. The molecule has 2 N–H and O–H groups in total. The normalized spacial score (nSPS) is 27.4. The molecule has 9 atom stereocenters. The van der Waals surface area contributed by atoms with Crippen molar-refractivity contribution in [1.29, 1.82) is 0 Å². The molecule has 1 spiro atoms. The average molecular weight is 775 g/mol. The van der Waals surface area contributed by atoms with Gasteiger partial charge in [0.25, 0.3) is 0 Å². The number of nitrogens with one attached hydrogen (secondary N) is 1. The van der Waals surface area contributed by atoms with Crippen LogP contribution in [-0.2, 0) is 33.4 Å². The lowest BCUT2D eigenvalue weighted by Crippen LogP contribution is -2.62. The molecule has 0 radical (unpaired) electrons. The highest BCUT2D eigenvalue weighted by Gasteiger charge is 2.77. The van der Waals surface area contributed by atoms with E-state index in [-0.39, 0.29) is 48.2 Å². The van der Waals surface area contributed by atoms with Crippen LogP contribution in [0.25, 0.3) is 0 Å². The minimum Gasteiger partial charge on any atom is -0.455 e. The minimum absolute atomic E-state index is 0.0481. The number of carbonyl (C=O) groups excluding carboxylic acids is 4. The van der Waals surface area contributed by atoms with Gasteiger partial charge in [-0.05, 0) is 51.0 Å². The van der Waals surface area contributed by atoms with Crippen molar-refractivity contribution in [2.75, 3.05) is 26.9 Å². The van der Waals surface area contributed by atoms with Crippen LogP contribution >= 0.6 is 15.9 Å². The first kappa shape index (κ1) is 40.7. The predicted molar refractivity (Wildman–Crippen MR) is 198 cm³/mol. The monoisotopic (exact) mass is 773 g/mol. The van der Waals surface area contributed by atoms with Crippen molar-refractivity contribution in [1.82, 2.24) is 15.1 Å². The summed E-state index contributed by atoms with van der Waals surface area (Å²) >= 11 is 3.74. The van der Waals surface area contributed by atoms with Gasteiger partial charge >= 0.3 is 5.97 Å². The number of hydrogen-bond acceptors (Lipinski definition) is 8. The van der Waals surface area contributed by atoms with Gasteiger partial charge < -0.3 is 34.4 Å². The maximum atomic E-state index is 15.0. The molecule has 3 fully saturated rings. The Hall–Kier alpha value is -3.06. The van der Waals surface area contributed by atoms with Crippen LogP contribution < -0.4 is 5.32 Å². The Bertz CT molecular complexity index is 1450. The van der Waals surface area contributed by atoms with Gasteiger partial charge in [-0.1, -0.05) is 79.2 Å². The number of aliphatic hydroxyl groups is 1. The molecule has 282 valence electrons. The maximum absolute atomic E-state index is 15.0. The molecule has 3 aliphatic heterocycles. The number of aliphatic hydroxyl groups excluding tert-OH is 1. The Morgan fingerprint density at radius 3 is 2.41 bits per heavy atom. The summed E-state index contributed by atoms with van der Waals surface area (Å²) < 4.78 is 18.5. The summed E-state index contributed by atoms with van der Waals surface area (Å²) in [7, 11) is 1.50. The first-order chi connectivity index (χ1) is 24.0. The number of ether oxygens (including phenoxy) is 3. The van der Waals surface area contributed by atoms with E-state index < -0.39 is 65.2 Å². The molecule has 4 rings (SSSR count). The van der Waals surface area contributed by atoms with Crippen molar-refractivity contribution >= 4 is 39.6 Å². The third-order valence-electron chi connectivity index (χ3n) is 10.2. The third kappa shape index (κ3) is 8.29. The number of allylic oxidation sites excluding steroid dienone is 1. The number of fused-ring (bicyclic) bond motifs is 1. The lowest BCUT2D eigenvalue weighted by molar-refractivity contribution is -0.163. The lowest BCUT2D eigenvalue weighted by Gasteiger charge is -2.46. The van der Waals surface area contributed by atoms with E-state index in [4.69, 9.17) is 14.2 Å².